The summed E-state index contributed by atoms with van der Waals surface area (Å²) in [5.41, 5.74) is 2.82. The molecule has 4 aromatic rings. The van der Waals surface area contributed by atoms with Crippen LogP contribution in [0.15, 0.2) is 70.5 Å². The average Bonchev–Trinajstić information content (AvgIpc) is 3.46. The summed E-state index contributed by atoms with van der Waals surface area (Å²) in [5.74, 6) is 0.766. The van der Waals surface area contributed by atoms with Gasteiger partial charge in [0.15, 0.2) is 0 Å². The van der Waals surface area contributed by atoms with Gasteiger partial charge in [0, 0.05) is 43.3 Å². The summed E-state index contributed by atoms with van der Waals surface area (Å²) in [6, 6.07) is 10.8. The number of benzene rings is 1. The van der Waals surface area contributed by atoms with Crippen LogP contribution in [0.2, 0.25) is 0 Å². The number of aromatic nitrogens is 5. The molecule has 1 aliphatic heterocycles. The molecule has 0 N–H and O–H groups in total. The monoisotopic (exact) mass is 414 g/mol. The van der Waals surface area contributed by atoms with Gasteiger partial charge >= 0.3 is 0 Å². The second-order valence-electron chi connectivity index (χ2n) is 7.21. The maximum absolute atomic E-state index is 12.4. The highest BCUT2D eigenvalue weighted by atomic mass is 16.5. The van der Waals surface area contributed by atoms with E-state index in [9.17, 15) is 9.59 Å². The third kappa shape index (κ3) is 3.85. The second kappa shape index (κ2) is 7.94. The molecule has 9 nitrogen and oxygen atoms in total. The zero-order valence-corrected chi connectivity index (χ0v) is 16.5. The Morgan fingerprint density at radius 1 is 1.03 bits per heavy atom. The van der Waals surface area contributed by atoms with Crippen LogP contribution in [0.3, 0.4) is 0 Å². The van der Waals surface area contributed by atoms with Gasteiger partial charge in [-0.2, -0.15) is 4.98 Å². The molecule has 0 bridgehead atoms. The van der Waals surface area contributed by atoms with Crippen LogP contribution in [-0.2, 0) is 11.3 Å². The number of amides is 1. The predicted octanol–water partition coefficient (Wildman–Crippen LogP) is 2.53. The number of anilines is 1. The number of hydrogen-bond donors (Lipinski definition) is 0. The topological polar surface area (TPSA) is 107 Å². The van der Waals surface area contributed by atoms with E-state index in [1.807, 2.05) is 24.3 Å². The zero-order chi connectivity index (χ0) is 21.2. The number of pyridine rings is 1. The summed E-state index contributed by atoms with van der Waals surface area (Å²) in [6.45, 7) is 1.13. The summed E-state index contributed by atoms with van der Waals surface area (Å²) in [5, 5.41) is 3.94. The molecule has 154 valence electrons. The van der Waals surface area contributed by atoms with Gasteiger partial charge in [0.1, 0.15) is 5.69 Å². The van der Waals surface area contributed by atoms with Gasteiger partial charge in [-0.25, -0.2) is 4.98 Å². The van der Waals surface area contributed by atoms with Crippen molar-refractivity contribution in [3.05, 3.63) is 77.1 Å². The van der Waals surface area contributed by atoms with Crippen LogP contribution in [0, 0.1) is 0 Å². The van der Waals surface area contributed by atoms with E-state index in [0.29, 0.717) is 30.0 Å². The van der Waals surface area contributed by atoms with Gasteiger partial charge in [-0.05, 0) is 30.2 Å². The quantitative estimate of drug-likeness (QED) is 0.494. The predicted molar refractivity (Wildman–Crippen MR) is 112 cm³/mol. The fraction of sp³-hybridized carbons (Fsp3) is 0.182. The van der Waals surface area contributed by atoms with E-state index in [-0.39, 0.29) is 17.4 Å². The molecule has 0 aliphatic carbocycles. The third-order valence-electron chi connectivity index (χ3n) is 5.12. The summed E-state index contributed by atoms with van der Waals surface area (Å²) < 4.78 is 6.93. The number of rotatable bonds is 5. The van der Waals surface area contributed by atoms with E-state index in [0.717, 1.165) is 24.2 Å². The number of nitrogens with zero attached hydrogens (tertiary/aromatic N) is 6. The SMILES string of the molecule is O=C1CCCN1c1ccc(Cn2cc(-c3nc(-c4cnccn4)no3)ccc2=O)cc1. The van der Waals surface area contributed by atoms with E-state index in [4.69, 9.17) is 4.52 Å². The average molecular weight is 414 g/mol. The highest BCUT2D eigenvalue weighted by molar-refractivity contribution is 5.95. The van der Waals surface area contributed by atoms with Crippen molar-refractivity contribution < 1.29 is 9.32 Å². The lowest BCUT2D eigenvalue weighted by Crippen LogP contribution is -2.23. The Hall–Kier alpha value is -4.14. The van der Waals surface area contributed by atoms with E-state index in [1.165, 1.54) is 6.07 Å². The summed E-state index contributed by atoms with van der Waals surface area (Å²) in [6.07, 6.45) is 7.84. The molecule has 5 rings (SSSR count). The van der Waals surface area contributed by atoms with Crippen molar-refractivity contribution in [1.29, 1.82) is 0 Å². The van der Waals surface area contributed by atoms with Gasteiger partial charge in [-0.1, -0.05) is 17.3 Å². The number of carbonyl (C=O) groups is 1. The molecule has 3 aromatic heterocycles. The zero-order valence-electron chi connectivity index (χ0n) is 16.5. The lowest BCUT2D eigenvalue weighted by atomic mass is 10.2. The van der Waals surface area contributed by atoms with Gasteiger partial charge in [-0.15, -0.1) is 0 Å². The largest absolute Gasteiger partial charge is 0.333 e. The molecule has 1 aromatic carbocycles. The second-order valence-corrected chi connectivity index (χ2v) is 7.21. The molecule has 9 heteroatoms. The molecule has 0 atom stereocenters. The van der Waals surface area contributed by atoms with Crippen LogP contribution in [0.5, 0.6) is 0 Å². The van der Waals surface area contributed by atoms with Crippen molar-refractivity contribution in [1.82, 2.24) is 24.7 Å². The Morgan fingerprint density at radius 3 is 2.65 bits per heavy atom. The molecule has 4 heterocycles. The molecule has 1 saturated heterocycles. The highest BCUT2D eigenvalue weighted by Crippen LogP contribution is 2.23. The Labute approximate surface area is 177 Å². The van der Waals surface area contributed by atoms with E-state index in [1.54, 1.807) is 40.3 Å². The molecule has 1 aliphatic rings. The normalized spacial score (nSPS) is 13.7. The Bertz CT molecular complexity index is 1280. The minimum atomic E-state index is -0.142. The van der Waals surface area contributed by atoms with E-state index < -0.39 is 0 Å². The maximum Gasteiger partial charge on any atom is 0.259 e. The summed E-state index contributed by atoms with van der Waals surface area (Å²) >= 11 is 0. The van der Waals surface area contributed by atoms with Gasteiger partial charge in [0.2, 0.25) is 11.7 Å². The van der Waals surface area contributed by atoms with Crippen LogP contribution in [0.4, 0.5) is 5.69 Å². The number of carbonyl (C=O) groups excluding carboxylic acids is 1. The lowest BCUT2D eigenvalue weighted by molar-refractivity contribution is -0.117. The highest BCUT2D eigenvalue weighted by Gasteiger charge is 2.21. The maximum atomic E-state index is 12.4. The van der Waals surface area contributed by atoms with Crippen molar-refractivity contribution in [3.63, 3.8) is 0 Å². The summed E-state index contributed by atoms with van der Waals surface area (Å²) in [7, 11) is 0. The number of hydrogen-bond acceptors (Lipinski definition) is 7. The van der Waals surface area contributed by atoms with Crippen LogP contribution in [-0.4, -0.2) is 37.1 Å². The van der Waals surface area contributed by atoms with Crippen molar-refractivity contribution in [2.45, 2.75) is 19.4 Å². The molecule has 1 amide bonds. The van der Waals surface area contributed by atoms with Crippen LogP contribution >= 0.6 is 0 Å². The van der Waals surface area contributed by atoms with Gasteiger partial charge in [0.25, 0.3) is 11.4 Å². The molecular formula is C22H18N6O3. The molecule has 0 radical (unpaired) electrons. The van der Waals surface area contributed by atoms with Crippen molar-refractivity contribution in [2.75, 3.05) is 11.4 Å². The van der Waals surface area contributed by atoms with E-state index >= 15 is 0 Å². The van der Waals surface area contributed by atoms with Crippen molar-refractivity contribution in [3.8, 4) is 23.0 Å². The van der Waals surface area contributed by atoms with Crippen molar-refractivity contribution >= 4 is 11.6 Å². The first kappa shape index (κ1) is 18.9. The molecule has 0 saturated carbocycles. The van der Waals surface area contributed by atoms with Crippen LogP contribution < -0.4 is 10.5 Å². The molecular weight excluding hydrogens is 396 g/mol. The molecule has 0 unspecified atom stereocenters. The minimum absolute atomic E-state index is 0.142. The molecule has 0 spiro atoms. The third-order valence-corrected chi connectivity index (χ3v) is 5.12. The van der Waals surface area contributed by atoms with Crippen molar-refractivity contribution in [2.24, 2.45) is 0 Å². The van der Waals surface area contributed by atoms with Crippen LogP contribution in [0.25, 0.3) is 23.0 Å². The fourth-order valence-corrected chi connectivity index (χ4v) is 3.54. The van der Waals surface area contributed by atoms with Crippen LogP contribution in [0.1, 0.15) is 18.4 Å². The van der Waals surface area contributed by atoms with E-state index in [2.05, 4.69) is 20.1 Å². The Balaban J connectivity index is 1.37. The Kier molecular flexibility index (Phi) is 4.83. The molecule has 1 fully saturated rings. The lowest BCUT2D eigenvalue weighted by Gasteiger charge is -2.16. The smallest absolute Gasteiger partial charge is 0.259 e. The first-order valence-electron chi connectivity index (χ1n) is 9.88. The van der Waals surface area contributed by atoms with Gasteiger partial charge in [0.05, 0.1) is 18.3 Å². The first-order chi connectivity index (χ1) is 15.2. The Morgan fingerprint density at radius 2 is 1.90 bits per heavy atom. The fourth-order valence-electron chi connectivity index (χ4n) is 3.54. The first-order valence-corrected chi connectivity index (χ1v) is 9.88. The summed E-state index contributed by atoms with van der Waals surface area (Å²) in [4.78, 5) is 38.6. The minimum Gasteiger partial charge on any atom is -0.333 e. The molecule has 31 heavy (non-hydrogen) atoms. The standard InChI is InChI=1S/C22H18N6O3/c29-19-8-5-16(22-25-21(26-31-22)18-12-23-9-10-24-18)14-27(19)13-15-3-6-17(7-4-15)28-11-1-2-20(28)30/h3-10,12,14H,1-2,11,13H2. The van der Waals surface area contributed by atoms with Gasteiger partial charge in [-0.3, -0.25) is 14.6 Å². The van der Waals surface area contributed by atoms with Gasteiger partial charge < -0.3 is 14.0 Å².